The Morgan fingerprint density at radius 1 is 1.15 bits per heavy atom. The maximum Gasteiger partial charge on any atom is 0.339 e. The number of carbonyl (C=O) groups is 2. The average Bonchev–Trinajstić information content (AvgIpc) is 2.43. The third-order valence-corrected chi connectivity index (χ3v) is 3.42. The highest BCUT2D eigenvalue weighted by Crippen LogP contribution is 2.24. The molecule has 1 saturated carbocycles. The van der Waals surface area contributed by atoms with E-state index in [1.54, 1.807) is 24.3 Å². The van der Waals surface area contributed by atoms with Gasteiger partial charge in [0.25, 0.3) is 0 Å². The van der Waals surface area contributed by atoms with Gasteiger partial charge in [0, 0.05) is 0 Å². The molecule has 1 aromatic rings. The van der Waals surface area contributed by atoms with E-state index in [0.717, 1.165) is 32.1 Å². The highest BCUT2D eigenvalue weighted by atomic mass is 16.5. The molecule has 0 aromatic heterocycles. The van der Waals surface area contributed by atoms with Crippen LogP contribution < -0.4 is 0 Å². The summed E-state index contributed by atoms with van der Waals surface area (Å²) in [4.78, 5) is 24.1. The molecule has 2 rings (SSSR count). The van der Waals surface area contributed by atoms with Crippen molar-refractivity contribution in [2.24, 2.45) is 0 Å². The molecule has 0 aliphatic heterocycles. The lowest BCUT2D eigenvalue weighted by Gasteiger charge is -2.25. The van der Waals surface area contributed by atoms with Gasteiger partial charge in [-0.05, 0) is 37.8 Å². The van der Waals surface area contributed by atoms with E-state index < -0.39 is 11.9 Å². The summed E-state index contributed by atoms with van der Waals surface area (Å²) < 4.78 is 10.5. The van der Waals surface area contributed by atoms with E-state index >= 15 is 0 Å². The number of rotatable bonds is 6. The maximum absolute atomic E-state index is 12.1. The van der Waals surface area contributed by atoms with Crippen LogP contribution in [0, 0.1) is 0 Å². The largest absolute Gasteiger partial charge is 0.462 e. The van der Waals surface area contributed by atoms with Gasteiger partial charge in [-0.25, -0.2) is 9.59 Å². The lowest BCUT2D eigenvalue weighted by atomic mass is 9.96. The smallest absolute Gasteiger partial charge is 0.339 e. The molecule has 0 bridgehead atoms. The second-order valence-electron chi connectivity index (χ2n) is 4.99. The van der Waals surface area contributed by atoms with Crippen molar-refractivity contribution >= 4 is 11.9 Å². The van der Waals surface area contributed by atoms with Gasteiger partial charge in [-0.2, -0.15) is 0 Å². The first-order chi connectivity index (χ1) is 9.72. The molecule has 0 spiro atoms. The number of hydrogen-bond acceptors (Lipinski definition) is 4. The molecule has 0 amide bonds. The molecule has 0 radical (unpaired) electrons. The molecular weight excluding hydrogens is 256 g/mol. The molecule has 1 aromatic carbocycles. The zero-order valence-corrected chi connectivity index (χ0v) is 11.8. The zero-order chi connectivity index (χ0) is 14.4. The van der Waals surface area contributed by atoms with E-state index in [1.165, 1.54) is 0 Å². The average molecular weight is 276 g/mol. The van der Waals surface area contributed by atoms with Crippen LogP contribution in [-0.4, -0.2) is 24.6 Å². The summed E-state index contributed by atoms with van der Waals surface area (Å²) in [5.41, 5.74) is 0.578. The predicted octanol–water partition coefficient (Wildman–Crippen LogP) is 3.35. The van der Waals surface area contributed by atoms with Crippen molar-refractivity contribution in [3.63, 3.8) is 0 Å². The van der Waals surface area contributed by atoms with Gasteiger partial charge in [0.2, 0.25) is 0 Å². The van der Waals surface area contributed by atoms with E-state index in [9.17, 15) is 9.59 Å². The fourth-order valence-corrected chi connectivity index (χ4v) is 1.93. The second kappa shape index (κ2) is 7.08. The van der Waals surface area contributed by atoms with E-state index in [2.05, 4.69) is 0 Å². The highest BCUT2D eigenvalue weighted by Gasteiger charge is 2.25. The molecule has 1 aliphatic carbocycles. The molecule has 1 fully saturated rings. The van der Waals surface area contributed by atoms with E-state index in [4.69, 9.17) is 9.47 Å². The van der Waals surface area contributed by atoms with Gasteiger partial charge >= 0.3 is 11.9 Å². The first-order valence-electron chi connectivity index (χ1n) is 7.19. The van der Waals surface area contributed by atoms with Crippen LogP contribution in [0.3, 0.4) is 0 Å². The number of unbranched alkanes of at least 4 members (excludes halogenated alkanes) is 1. The SMILES string of the molecule is CCCCOC(=O)c1ccccc1C(=O)OC1CCC1. The Morgan fingerprint density at radius 3 is 2.35 bits per heavy atom. The number of esters is 2. The Bertz CT molecular complexity index is 477. The van der Waals surface area contributed by atoms with Crippen molar-refractivity contribution in [1.82, 2.24) is 0 Å². The monoisotopic (exact) mass is 276 g/mol. The van der Waals surface area contributed by atoms with Gasteiger partial charge in [0.15, 0.2) is 0 Å². The first kappa shape index (κ1) is 14.6. The van der Waals surface area contributed by atoms with Crippen LogP contribution in [0.1, 0.15) is 59.7 Å². The molecular formula is C16H20O4. The van der Waals surface area contributed by atoms with E-state index in [1.807, 2.05) is 6.92 Å². The Labute approximate surface area is 119 Å². The van der Waals surface area contributed by atoms with Crippen LogP contribution in [0.15, 0.2) is 24.3 Å². The molecule has 0 N–H and O–H groups in total. The lowest BCUT2D eigenvalue weighted by molar-refractivity contribution is 0.00849. The molecule has 20 heavy (non-hydrogen) atoms. The molecule has 0 saturated heterocycles. The molecule has 4 nitrogen and oxygen atoms in total. The van der Waals surface area contributed by atoms with Crippen molar-refractivity contribution in [3.05, 3.63) is 35.4 Å². The highest BCUT2D eigenvalue weighted by molar-refractivity contribution is 6.03. The minimum absolute atomic E-state index is 0.00617. The minimum Gasteiger partial charge on any atom is -0.462 e. The lowest BCUT2D eigenvalue weighted by Crippen LogP contribution is -2.26. The van der Waals surface area contributed by atoms with E-state index in [-0.39, 0.29) is 11.7 Å². The van der Waals surface area contributed by atoms with Crippen molar-refractivity contribution in [1.29, 1.82) is 0 Å². The number of ether oxygens (including phenoxy) is 2. The Balaban J connectivity index is 2.04. The summed E-state index contributed by atoms with van der Waals surface area (Å²) in [6, 6.07) is 6.65. The quantitative estimate of drug-likeness (QED) is 0.590. The van der Waals surface area contributed by atoms with Crippen LogP contribution in [0.2, 0.25) is 0 Å². The summed E-state index contributed by atoms with van der Waals surface area (Å²) >= 11 is 0. The van der Waals surface area contributed by atoms with Gasteiger partial charge in [0.05, 0.1) is 17.7 Å². The van der Waals surface area contributed by atoms with Crippen molar-refractivity contribution in [2.75, 3.05) is 6.61 Å². The van der Waals surface area contributed by atoms with Gasteiger partial charge in [0.1, 0.15) is 6.10 Å². The van der Waals surface area contributed by atoms with Crippen molar-refractivity contribution in [3.8, 4) is 0 Å². The molecule has 108 valence electrons. The number of benzene rings is 1. The molecule has 1 aliphatic rings. The van der Waals surface area contributed by atoms with Crippen LogP contribution in [-0.2, 0) is 9.47 Å². The Kier molecular flexibility index (Phi) is 5.16. The van der Waals surface area contributed by atoms with Crippen LogP contribution >= 0.6 is 0 Å². The van der Waals surface area contributed by atoms with Crippen molar-refractivity contribution < 1.29 is 19.1 Å². The summed E-state index contributed by atoms with van der Waals surface area (Å²) in [6.45, 7) is 2.40. The summed E-state index contributed by atoms with van der Waals surface area (Å²) in [5, 5.41) is 0. The standard InChI is InChI=1S/C16H20O4/c1-2-3-11-19-15(17)13-9-4-5-10-14(13)16(18)20-12-7-6-8-12/h4-5,9-10,12H,2-3,6-8,11H2,1H3. The summed E-state index contributed by atoms with van der Waals surface area (Å²) in [5.74, 6) is -0.891. The summed E-state index contributed by atoms with van der Waals surface area (Å²) in [7, 11) is 0. The zero-order valence-electron chi connectivity index (χ0n) is 11.8. The van der Waals surface area contributed by atoms with Gasteiger partial charge < -0.3 is 9.47 Å². The fourth-order valence-electron chi connectivity index (χ4n) is 1.93. The fraction of sp³-hybridized carbons (Fsp3) is 0.500. The molecule has 0 heterocycles. The Morgan fingerprint density at radius 2 is 1.80 bits per heavy atom. The molecule has 0 atom stereocenters. The molecule has 4 heteroatoms. The van der Waals surface area contributed by atoms with E-state index in [0.29, 0.717) is 12.2 Å². The third-order valence-electron chi connectivity index (χ3n) is 3.42. The van der Waals surface area contributed by atoms with Crippen LogP contribution in [0.25, 0.3) is 0 Å². The second-order valence-corrected chi connectivity index (χ2v) is 4.99. The van der Waals surface area contributed by atoms with Crippen LogP contribution in [0.4, 0.5) is 0 Å². The number of carbonyl (C=O) groups excluding carboxylic acids is 2. The Hall–Kier alpha value is -1.84. The van der Waals surface area contributed by atoms with Gasteiger partial charge in [-0.1, -0.05) is 25.5 Å². The normalized spacial score (nSPS) is 14.4. The van der Waals surface area contributed by atoms with Crippen molar-refractivity contribution in [2.45, 2.75) is 45.1 Å². The van der Waals surface area contributed by atoms with Gasteiger partial charge in [-0.15, -0.1) is 0 Å². The van der Waals surface area contributed by atoms with Crippen LogP contribution in [0.5, 0.6) is 0 Å². The van der Waals surface area contributed by atoms with Gasteiger partial charge in [-0.3, -0.25) is 0 Å². The third kappa shape index (κ3) is 3.59. The molecule has 0 unspecified atom stereocenters. The topological polar surface area (TPSA) is 52.6 Å². The summed E-state index contributed by atoms with van der Waals surface area (Å²) in [6.07, 6.45) is 4.70. The maximum atomic E-state index is 12.1. The predicted molar refractivity (Wildman–Crippen MR) is 74.7 cm³/mol. The number of hydrogen-bond donors (Lipinski definition) is 0. The first-order valence-corrected chi connectivity index (χ1v) is 7.19. The minimum atomic E-state index is -0.459.